The highest BCUT2D eigenvalue weighted by Crippen LogP contribution is 2.20. The molecule has 3 N–H and O–H groups in total. The van der Waals surface area contributed by atoms with E-state index in [9.17, 15) is 0 Å². The smallest absolute Gasteiger partial charge is 0.225 e. The molecule has 0 aliphatic rings. The second-order valence-corrected chi connectivity index (χ2v) is 10.6. The van der Waals surface area contributed by atoms with Crippen LogP contribution in [-0.4, -0.2) is 31.4 Å². The Morgan fingerprint density at radius 1 is 1.13 bits per heavy atom. The molecule has 2 rings (SSSR count). The average Bonchev–Trinajstić information content (AvgIpc) is 2.49. The summed E-state index contributed by atoms with van der Waals surface area (Å²) in [6.45, 7) is 8.06. The maximum absolute atomic E-state index is 5.80. The molecular formula is C16H24N4O2Si. The van der Waals surface area contributed by atoms with E-state index in [-0.39, 0.29) is 0 Å². The molecule has 0 unspecified atom stereocenters. The van der Waals surface area contributed by atoms with Crippen LogP contribution in [0.3, 0.4) is 0 Å². The number of nitrogens with two attached hydrogens (primary N) is 1. The maximum Gasteiger partial charge on any atom is 0.225 e. The number of anilines is 2. The third kappa shape index (κ3) is 6.66. The maximum atomic E-state index is 5.80. The number of rotatable bonds is 8. The zero-order valence-electron chi connectivity index (χ0n) is 13.9. The fraction of sp³-hybridized carbons (Fsp3) is 0.375. The number of aromatic nitrogens is 2. The number of nitrogens with zero attached hydrogens (tertiary/aromatic N) is 2. The highest BCUT2D eigenvalue weighted by atomic mass is 28.4. The molecule has 2 aromatic rings. The topological polar surface area (TPSA) is 82.3 Å². The highest BCUT2D eigenvalue weighted by Gasteiger charge is 2.13. The molecule has 0 aliphatic heterocycles. The van der Waals surface area contributed by atoms with Crippen LogP contribution in [0.4, 0.5) is 11.6 Å². The third-order valence-corrected chi connectivity index (χ3v) is 3.94. The van der Waals surface area contributed by atoms with Gasteiger partial charge in [0.05, 0.1) is 0 Å². The molecule has 0 saturated heterocycles. The number of hydrogen-bond donors (Lipinski definition) is 2. The van der Waals surface area contributed by atoms with Crippen molar-refractivity contribution in [2.75, 3.05) is 24.2 Å². The van der Waals surface area contributed by atoms with E-state index in [4.69, 9.17) is 14.9 Å². The molecule has 0 amide bonds. The molecule has 1 aromatic heterocycles. The van der Waals surface area contributed by atoms with Crippen LogP contribution in [0.5, 0.6) is 11.6 Å². The predicted molar refractivity (Wildman–Crippen MR) is 95.4 cm³/mol. The highest BCUT2D eigenvalue weighted by molar-refractivity contribution is 6.69. The van der Waals surface area contributed by atoms with Gasteiger partial charge in [-0.15, -0.1) is 0 Å². The Bertz CT molecular complexity index is 614. The minimum absolute atomic E-state index is 0.491. The molecule has 7 heteroatoms. The first kappa shape index (κ1) is 17.2. The third-order valence-electron chi connectivity index (χ3n) is 2.87. The van der Waals surface area contributed by atoms with Crippen LogP contribution in [0, 0.1) is 0 Å². The fourth-order valence-corrected chi connectivity index (χ4v) is 2.55. The van der Waals surface area contributed by atoms with Crippen LogP contribution in [0.2, 0.25) is 19.6 Å². The van der Waals surface area contributed by atoms with Gasteiger partial charge in [-0.2, -0.15) is 4.98 Å². The Labute approximate surface area is 138 Å². The van der Waals surface area contributed by atoms with E-state index in [0.29, 0.717) is 23.3 Å². The molecule has 0 saturated carbocycles. The molecule has 0 fully saturated rings. The summed E-state index contributed by atoms with van der Waals surface area (Å²) >= 11 is 0. The lowest BCUT2D eigenvalue weighted by Gasteiger charge is -2.16. The summed E-state index contributed by atoms with van der Waals surface area (Å²) in [5, 5.41) is 3.18. The van der Waals surface area contributed by atoms with Gasteiger partial charge in [-0.3, -0.25) is 0 Å². The van der Waals surface area contributed by atoms with Crippen molar-refractivity contribution in [1.29, 1.82) is 0 Å². The van der Waals surface area contributed by atoms with Crippen LogP contribution in [-0.2, 0) is 4.43 Å². The lowest BCUT2D eigenvalue weighted by molar-refractivity contribution is 0.309. The van der Waals surface area contributed by atoms with E-state index < -0.39 is 8.32 Å². The molecule has 1 heterocycles. The summed E-state index contributed by atoms with van der Waals surface area (Å²) in [5.41, 5.74) is 6.35. The Kier molecular flexibility index (Phi) is 5.95. The Hall–Kier alpha value is -2.12. The van der Waals surface area contributed by atoms with Gasteiger partial charge in [0.25, 0.3) is 0 Å². The normalized spacial score (nSPS) is 11.3. The van der Waals surface area contributed by atoms with Crippen molar-refractivity contribution in [3.8, 4) is 11.6 Å². The van der Waals surface area contributed by atoms with Crippen molar-refractivity contribution < 1.29 is 9.16 Å². The summed E-state index contributed by atoms with van der Waals surface area (Å²) in [6, 6.07) is 8.90. The van der Waals surface area contributed by atoms with Gasteiger partial charge in [-0.05, 0) is 50.3 Å². The Morgan fingerprint density at radius 3 is 2.57 bits per heavy atom. The molecule has 0 spiro atoms. The van der Waals surface area contributed by atoms with Gasteiger partial charge in [-0.25, -0.2) is 4.98 Å². The minimum Gasteiger partial charge on any atom is -0.439 e. The Balaban J connectivity index is 1.81. The number of hydrogen-bond acceptors (Lipinski definition) is 6. The first-order valence-corrected chi connectivity index (χ1v) is 11.1. The number of benzene rings is 1. The van der Waals surface area contributed by atoms with Crippen molar-refractivity contribution >= 4 is 20.0 Å². The van der Waals surface area contributed by atoms with Gasteiger partial charge in [0.2, 0.25) is 11.8 Å². The predicted octanol–water partition coefficient (Wildman–Crippen LogP) is 3.50. The molecule has 6 nitrogen and oxygen atoms in total. The van der Waals surface area contributed by atoms with E-state index in [1.165, 1.54) is 0 Å². The van der Waals surface area contributed by atoms with Crippen molar-refractivity contribution in [3.63, 3.8) is 0 Å². The van der Waals surface area contributed by atoms with E-state index in [1.807, 2.05) is 0 Å². The van der Waals surface area contributed by atoms with Gasteiger partial charge in [0, 0.05) is 31.1 Å². The molecule has 0 radical (unpaired) electrons. The number of nitrogens with one attached hydrogen (secondary N) is 1. The summed E-state index contributed by atoms with van der Waals surface area (Å²) < 4.78 is 11.5. The van der Waals surface area contributed by atoms with Gasteiger partial charge in [0.15, 0.2) is 8.32 Å². The van der Waals surface area contributed by atoms with Gasteiger partial charge >= 0.3 is 0 Å². The summed E-state index contributed by atoms with van der Waals surface area (Å²) in [4.78, 5) is 8.52. The molecule has 124 valence electrons. The van der Waals surface area contributed by atoms with Gasteiger partial charge in [-0.1, -0.05) is 0 Å². The van der Waals surface area contributed by atoms with Crippen LogP contribution in [0.15, 0.2) is 36.5 Å². The molecule has 0 aliphatic carbocycles. The molecule has 1 aromatic carbocycles. The minimum atomic E-state index is -1.43. The average molecular weight is 332 g/mol. The summed E-state index contributed by atoms with van der Waals surface area (Å²) in [5.74, 6) is 1.73. The van der Waals surface area contributed by atoms with E-state index in [1.54, 1.807) is 36.5 Å². The van der Waals surface area contributed by atoms with Crippen LogP contribution < -0.4 is 15.8 Å². The number of ether oxygens (including phenoxy) is 1. The van der Waals surface area contributed by atoms with Crippen molar-refractivity contribution in [3.05, 3.63) is 36.5 Å². The van der Waals surface area contributed by atoms with E-state index >= 15 is 0 Å². The SMILES string of the molecule is C[Si](C)(C)OCCCNc1nccc(Oc2ccc(N)cc2)n1. The summed E-state index contributed by atoms with van der Waals surface area (Å²) in [6.07, 6.45) is 2.58. The second kappa shape index (κ2) is 7.93. The van der Waals surface area contributed by atoms with E-state index in [0.717, 1.165) is 19.6 Å². The monoisotopic (exact) mass is 332 g/mol. The van der Waals surface area contributed by atoms with Crippen LogP contribution >= 0.6 is 0 Å². The van der Waals surface area contributed by atoms with Crippen LogP contribution in [0.25, 0.3) is 0 Å². The zero-order valence-corrected chi connectivity index (χ0v) is 14.9. The van der Waals surface area contributed by atoms with E-state index in [2.05, 4.69) is 34.9 Å². The molecule has 23 heavy (non-hydrogen) atoms. The van der Waals surface area contributed by atoms with Gasteiger partial charge < -0.3 is 20.2 Å². The lowest BCUT2D eigenvalue weighted by atomic mass is 10.3. The van der Waals surface area contributed by atoms with Crippen molar-refractivity contribution in [2.24, 2.45) is 0 Å². The van der Waals surface area contributed by atoms with Gasteiger partial charge in [0.1, 0.15) is 5.75 Å². The Morgan fingerprint density at radius 2 is 1.87 bits per heavy atom. The van der Waals surface area contributed by atoms with Crippen molar-refractivity contribution in [1.82, 2.24) is 9.97 Å². The standard InChI is InChI=1S/C16H24N4O2Si/c1-23(2,3)21-12-4-10-18-16-19-11-9-15(20-16)22-14-7-5-13(17)6-8-14/h5-9,11H,4,10,12,17H2,1-3H3,(H,18,19,20). The van der Waals surface area contributed by atoms with Crippen molar-refractivity contribution in [2.45, 2.75) is 26.1 Å². The first-order valence-electron chi connectivity index (χ1n) is 7.67. The van der Waals surface area contributed by atoms with Crippen LogP contribution in [0.1, 0.15) is 6.42 Å². The zero-order chi connectivity index (χ0) is 16.7. The largest absolute Gasteiger partial charge is 0.439 e. The second-order valence-electron chi connectivity index (χ2n) is 6.13. The molecule has 0 atom stereocenters. The quantitative estimate of drug-likeness (QED) is 0.437. The summed E-state index contributed by atoms with van der Waals surface area (Å²) in [7, 11) is -1.43. The number of nitrogen functional groups attached to an aromatic ring is 1. The lowest BCUT2D eigenvalue weighted by Crippen LogP contribution is -2.26. The first-order chi connectivity index (χ1) is 10.9. The molecular weight excluding hydrogens is 308 g/mol. The molecule has 0 bridgehead atoms. The fourth-order valence-electron chi connectivity index (χ4n) is 1.79.